The molecule has 0 spiro atoms. The van der Waals surface area contributed by atoms with Gasteiger partial charge in [0.05, 0.1) is 34.3 Å². The van der Waals surface area contributed by atoms with Crippen LogP contribution in [0.25, 0.3) is 11.0 Å². The normalized spacial score (nSPS) is 14.5. The summed E-state index contributed by atoms with van der Waals surface area (Å²) in [5.41, 5.74) is 4.08. The summed E-state index contributed by atoms with van der Waals surface area (Å²) >= 11 is 12.5. The van der Waals surface area contributed by atoms with Gasteiger partial charge in [0.2, 0.25) is 5.91 Å². The number of halogens is 2. The molecule has 5 nitrogen and oxygen atoms in total. The summed E-state index contributed by atoms with van der Waals surface area (Å²) < 4.78 is 7.43. The van der Waals surface area contributed by atoms with Gasteiger partial charge >= 0.3 is 0 Å². The fraction of sp³-hybridized carbons (Fsp3) is 0.364. The van der Waals surface area contributed by atoms with E-state index in [4.69, 9.17) is 32.9 Å². The van der Waals surface area contributed by atoms with Gasteiger partial charge in [0, 0.05) is 32.5 Å². The van der Waals surface area contributed by atoms with Gasteiger partial charge in [0.1, 0.15) is 5.82 Å². The molecule has 1 amide bonds. The molecule has 4 rings (SSSR count). The van der Waals surface area contributed by atoms with Crippen molar-refractivity contribution in [1.82, 2.24) is 14.5 Å². The molecule has 0 unspecified atom stereocenters. The molecule has 0 bridgehead atoms. The van der Waals surface area contributed by atoms with Crippen LogP contribution in [0.5, 0.6) is 0 Å². The number of aryl methyl sites for hydroxylation is 2. The molecule has 29 heavy (non-hydrogen) atoms. The number of imidazole rings is 1. The van der Waals surface area contributed by atoms with Crippen LogP contribution in [0.3, 0.4) is 0 Å². The molecule has 1 aliphatic rings. The monoisotopic (exact) mass is 431 g/mol. The predicted octanol–water partition coefficient (Wildman–Crippen LogP) is 4.49. The van der Waals surface area contributed by atoms with Gasteiger partial charge in [-0.3, -0.25) is 4.79 Å². The fourth-order valence-corrected chi connectivity index (χ4v) is 3.94. The number of morpholine rings is 1. The van der Waals surface area contributed by atoms with E-state index in [1.807, 2.05) is 11.0 Å². The van der Waals surface area contributed by atoms with Gasteiger partial charge in [0.25, 0.3) is 0 Å². The SMILES string of the molecule is Cc1ccc(Cc2nc3cc(Cl)c(Cl)cc3n2CCC(=O)N2CCOCC2)cc1. The number of carbonyl (C=O) groups is 1. The minimum Gasteiger partial charge on any atom is -0.378 e. The number of rotatable bonds is 5. The summed E-state index contributed by atoms with van der Waals surface area (Å²) in [5, 5.41) is 0.969. The Morgan fingerprint density at radius 2 is 1.79 bits per heavy atom. The van der Waals surface area contributed by atoms with Gasteiger partial charge in [-0.15, -0.1) is 0 Å². The van der Waals surface area contributed by atoms with Gasteiger partial charge in [-0.2, -0.15) is 0 Å². The average Bonchev–Trinajstić information content (AvgIpc) is 3.04. The molecule has 1 aliphatic heterocycles. The van der Waals surface area contributed by atoms with Crippen molar-refractivity contribution >= 4 is 40.1 Å². The molecule has 3 aromatic rings. The molecular formula is C22H23Cl2N3O2. The van der Waals surface area contributed by atoms with E-state index in [1.54, 1.807) is 6.07 Å². The maximum atomic E-state index is 12.6. The van der Waals surface area contributed by atoms with E-state index < -0.39 is 0 Å². The Balaban J connectivity index is 1.62. The second-order valence-corrected chi connectivity index (χ2v) is 8.15. The van der Waals surface area contributed by atoms with Gasteiger partial charge in [-0.25, -0.2) is 4.98 Å². The molecule has 0 N–H and O–H groups in total. The Morgan fingerprint density at radius 3 is 2.52 bits per heavy atom. The molecule has 7 heteroatoms. The highest BCUT2D eigenvalue weighted by molar-refractivity contribution is 6.42. The van der Waals surface area contributed by atoms with E-state index in [0.717, 1.165) is 16.9 Å². The summed E-state index contributed by atoms with van der Waals surface area (Å²) in [4.78, 5) is 19.3. The lowest BCUT2D eigenvalue weighted by Crippen LogP contribution is -2.41. The zero-order valence-electron chi connectivity index (χ0n) is 16.3. The lowest BCUT2D eigenvalue weighted by molar-refractivity contribution is -0.135. The zero-order valence-corrected chi connectivity index (χ0v) is 17.8. The van der Waals surface area contributed by atoms with Gasteiger partial charge in [0.15, 0.2) is 0 Å². The standard InChI is InChI=1S/C22H23Cl2N3O2/c1-15-2-4-16(5-3-15)12-21-25-19-13-17(23)18(24)14-20(19)27(21)7-6-22(28)26-8-10-29-11-9-26/h2-5,13-14H,6-12H2,1H3. The molecule has 152 valence electrons. The highest BCUT2D eigenvalue weighted by Crippen LogP contribution is 2.29. The molecule has 0 radical (unpaired) electrons. The second-order valence-electron chi connectivity index (χ2n) is 7.34. The van der Waals surface area contributed by atoms with Crippen molar-refractivity contribution in [3.05, 3.63) is 63.4 Å². The number of nitrogens with zero attached hydrogens (tertiary/aromatic N) is 3. The van der Waals surface area contributed by atoms with Crippen molar-refractivity contribution in [1.29, 1.82) is 0 Å². The van der Waals surface area contributed by atoms with E-state index in [-0.39, 0.29) is 5.91 Å². The average molecular weight is 432 g/mol. The highest BCUT2D eigenvalue weighted by atomic mass is 35.5. The van der Waals surface area contributed by atoms with E-state index in [0.29, 0.717) is 55.7 Å². The number of fused-ring (bicyclic) bond motifs is 1. The minimum absolute atomic E-state index is 0.136. The summed E-state index contributed by atoms with van der Waals surface area (Å²) in [7, 11) is 0. The van der Waals surface area contributed by atoms with Crippen LogP contribution < -0.4 is 0 Å². The number of hydrogen-bond donors (Lipinski definition) is 0. The fourth-order valence-electron chi connectivity index (χ4n) is 3.62. The molecule has 1 fully saturated rings. The van der Waals surface area contributed by atoms with Crippen LogP contribution in [0.1, 0.15) is 23.4 Å². The first-order valence-electron chi connectivity index (χ1n) is 9.76. The largest absolute Gasteiger partial charge is 0.378 e. The van der Waals surface area contributed by atoms with Crippen molar-refractivity contribution in [2.45, 2.75) is 26.3 Å². The van der Waals surface area contributed by atoms with Crippen LogP contribution in [0.15, 0.2) is 36.4 Å². The molecule has 2 aromatic carbocycles. The number of carbonyl (C=O) groups excluding carboxylic acids is 1. The van der Waals surface area contributed by atoms with Crippen LogP contribution in [-0.2, 0) is 22.5 Å². The van der Waals surface area contributed by atoms with Crippen LogP contribution in [-0.4, -0.2) is 46.7 Å². The molecular weight excluding hydrogens is 409 g/mol. The van der Waals surface area contributed by atoms with Crippen LogP contribution >= 0.6 is 23.2 Å². The number of hydrogen-bond acceptors (Lipinski definition) is 3. The smallest absolute Gasteiger partial charge is 0.224 e. The minimum atomic E-state index is 0.136. The van der Waals surface area contributed by atoms with Crippen molar-refractivity contribution in [2.24, 2.45) is 0 Å². The van der Waals surface area contributed by atoms with Crippen LogP contribution in [0.4, 0.5) is 0 Å². The van der Waals surface area contributed by atoms with Crippen LogP contribution in [0, 0.1) is 6.92 Å². The first kappa shape index (κ1) is 20.2. The van der Waals surface area contributed by atoms with Crippen molar-refractivity contribution in [2.75, 3.05) is 26.3 Å². The quantitative estimate of drug-likeness (QED) is 0.597. The molecule has 2 heterocycles. The lowest BCUT2D eigenvalue weighted by atomic mass is 10.1. The molecule has 1 saturated heterocycles. The first-order valence-corrected chi connectivity index (χ1v) is 10.5. The zero-order chi connectivity index (χ0) is 20.4. The highest BCUT2D eigenvalue weighted by Gasteiger charge is 2.19. The molecule has 1 aromatic heterocycles. The van der Waals surface area contributed by atoms with E-state index in [9.17, 15) is 4.79 Å². The first-order chi connectivity index (χ1) is 14.0. The third-order valence-electron chi connectivity index (χ3n) is 5.27. The van der Waals surface area contributed by atoms with Crippen molar-refractivity contribution in [3.63, 3.8) is 0 Å². The third-order valence-corrected chi connectivity index (χ3v) is 5.99. The lowest BCUT2D eigenvalue weighted by Gasteiger charge is -2.27. The Bertz CT molecular complexity index is 1020. The summed E-state index contributed by atoms with van der Waals surface area (Å²) in [6.07, 6.45) is 1.09. The van der Waals surface area contributed by atoms with Crippen molar-refractivity contribution < 1.29 is 9.53 Å². The Labute approximate surface area is 180 Å². The number of benzene rings is 2. The van der Waals surface area contributed by atoms with Gasteiger partial charge < -0.3 is 14.2 Å². The van der Waals surface area contributed by atoms with E-state index in [1.165, 1.54) is 11.1 Å². The van der Waals surface area contributed by atoms with Crippen LogP contribution in [0.2, 0.25) is 10.0 Å². The maximum absolute atomic E-state index is 12.6. The summed E-state index contributed by atoms with van der Waals surface area (Å²) in [6.45, 7) is 5.13. The molecule has 0 saturated carbocycles. The number of ether oxygens (including phenoxy) is 1. The Kier molecular flexibility index (Phi) is 6.09. The number of aromatic nitrogens is 2. The third kappa shape index (κ3) is 4.58. The Morgan fingerprint density at radius 1 is 1.10 bits per heavy atom. The molecule has 0 aliphatic carbocycles. The maximum Gasteiger partial charge on any atom is 0.224 e. The summed E-state index contributed by atoms with van der Waals surface area (Å²) in [5.74, 6) is 1.04. The topological polar surface area (TPSA) is 47.4 Å². The number of amides is 1. The Hall–Kier alpha value is -2.08. The van der Waals surface area contributed by atoms with Gasteiger partial charge in [-0.05, 0) is 24.6 Å². The molecule has 0 atom stereocenters. The summed E-state index contributed by atoms with van der Waals surface area (Å²) in [6, 6.07) is 12.0. The predicted molar refractivity (Wildman–Crippen MR) is 116 cm³/mol. The van der Waals surface area contributed by atoms with E-state index in [2.05, 4.69) is 35.8 Å². The van der Waals surface area contributed by atoms with Crippen molar-refractivity contribution in [3.8, 4) is 0 Å². The van der Waals surface area contributed by atoms with E-state index >= 15 is 0 Å². The second kappa shape index (κ2) is 8.74. The van der Waals surface area contributed by atoms with Gasteiger partial charge in [-0.1, -0.05) is 53.0 Å².